The topological polar surface area (TPSA) is 122 Å². The molecule has 0 aliphatic heterocycles. The van der Waals surface area contributed by atoms with E-state index in [1.165, 1.54) is 18.2 Å². The average Bonchev–Trinajstić information content (AvgIpc) is 3.18. The van der Waals surface area contributed by atoms with Crippen LogP contribution in [0.15, 0.2) is 60.8 Å². The van der Waals surface area contributed by atoms with Crippen LogP contribution in [0.2, 0.25) is 0 Å². The number of carbonyl (C=O) groups is 1. The number of primary amides is 1. The van der Waals surface area contributed by atoms with E-state index in [-0.39, 0.29) is 23.1 Å². The first-order chi connectivity index (χ1) is 15.6. The third kappa shape index (κ3) is 4.61. The van der Waals surface area contributed by atoms with Crippen molar-refractivity contribution in [2.24, 2.45) is 12.8 Å². The molecule has 2 heterocycles. The summed E-state index contributed by atoms with van der Waals surface area (Å²) >= 11 is 0. The van der Waals surface area contributed by atoms with Crippen LogP contribution in [0.5, 0.6) is 11.5 Å². The number of hydrogen-bond donors (Lipinski definition) is 2. The van der Waals surface area contributed by atoms with Gasteiger partial charge in [0.05, 0.1) is 11.3 Å². The molecule has 4 rings (SSSR count). The second-order valence-corrected chi connectivity index (χ2v) is 7.04. The van der Waals surface area contributed by atoms with Gasteiger partial charge in [0.15, 0.2) is 5.82 Å². The van der Waals surface area contributed by atoms with Crippen molar-refractivity contribution in [3.8, 4) is 34.1 Å². The molecule has 0 bridgehead atoms. The Kier molecular flexibility index (Phi) is 5.46. The highest BCUT2D eigenvalue weighted by atomic mass is 19.4. The molecule has 0 fully saturated rings. The van der Waals surface area contributed by atoms with Crippen LogP contribution in [0.1, 0.15) is 16.1 Å². The Hall–Kier alpha value is -4.41. The lowest BCUT2D eigenvalue weighted by molar-refractivity contribution is -0.137. The first kappa shape index (κ1) is 21.8. The van der Waals surface area contributed by atoms with Gasteiger partial charge in [-0.2, -0.15) is 18.3 Å². The first-order valence-electron chi connectivity index (χ1n) is 9.54. The van der Waals surface area contributed by atoms with Gasteiger partial charge in [0.1, 0.15) is 23.0 Å². The summed E-state index contributed by atoms with van der Waals surface area (Å²) in [5.74, 6) is 0.0577. The molecular weight excluding hydrogens is 437 g/mol. The van der Waals surface area contributed by atoms with Crippen molar-refractivity contribution in [2.75, 3.05) is 5.73 Å². The zero-order chi connectivity index (χ0) is 23.8. The summed E-state index contributed by atoms with van der Waals surface area (Å²) in [4.78, 5) is 20.0. The number of hydrogen-bond acceptors (Lipinski definition) is 6. The summed E-state index contributed by atoms with van der Waals surface area (Å²) in [6, 6.07) is 12.3. The number of carbonyl (C=O) groups excluding carboxylic acids is 1. The second-order valence-electron chi connectivity index (χ2n) is 7.04. The molecule has 0 aliphatic rings. The van der Waals surface area contributed by atoms with Crippen LogP contribution in [0.3, 0.4) is 0 Å². The van der Waals surface area contributed by atoms with E-state index in [9.17, 15) is 18.0 Å². The number of rotatable bonds is 5. The lowest BCUT2D eigenvalue weighted by atomic mass is 10.0. The molecule has 33 heavy (non-hydrogen) atoms. The predicted molar refractivity (Wildman–Crippen MR) is 114 cm³/mol. The maximum atomic E-state index is 12.8. The van der Waals surface area contributed by atoms with E-state index in [2.05, 4.69) is 15.1 Å². The fourth-order valence-corrected chi connectivity index (χ4v) is 3.19. The molecule has 1 amide bonds. The van der Waals surface area contributed by atoms with Gasteiger partial charge < -0.3 is 16.2 Å². The van der Waals surface area contributed by atoms with Gasteiger partial charge in [-0.3, -0.25) is 9.48 Å². The molecule has 0 unspecified atom stereocenters. The Balaban J connectivity index is 1.77. The minimum atomic E-state index is -4.44. The second kappa shape index (κ2) is 8.26. The molecule has 8 nitrogen and oxygen atoms in total. The molecule has 2 aromatic heterocycles. The molecule has 0 atom stereocenters. The summed E-state index contributed by atoms with van der Waals surface area (Å²) in [7, 11) is 1.73. The van der Waals surface area contributed by atoms with Gasteiger partial charge in [0.25, 0.3) is 5.91 Å². The molecule has 4 aromatic rings. The Bertz CT molecular complexity index is 1330. The minimum Gasteiger partial charge on any atom is -0.457 e. The van der Waals surface area contributed by atoms with Crippen molar-refractivity contribution in [3.63, 3.8) is 0 Å². The standard InChI is InChI=1S/C22H17F3N6O2/c1-31-18(8-9-28-31)16-10-14(33-13-4-2-12(3-5-13)22(23,24)25)6-7-15(16)21-29-17(20(27)32)11-19(26)30-21/h2-11H,1H3,(H2,27,32)(H2,26,29,30). The Labute approximate surface area is 185 Å². The number of anilines is 1. The summed E-state index contributed by atoms with van der Waals surface area (Å²) in [5.41, 5.74) is 12.1. The van der Waals surface area contributed by atoms with Gasteiger partial charge in [0, 0.05) is 30.4 Å². The van der Waals surface area contributed by atoms with E-state index < -0.39 is 17.6 Å². The molecule has 2 aromatic carbocycles. The zero-order valence-corrected chi connectivity index (χ0v) is 17.2. The molecule has 0 saturated carbocycles. The molecule has 0 radical (unpaired) electrons. The molecule has 4 N–H and O–H groups in total. The number of amides is 1. The molecular formula is C22H17F3N6O2. The number of nitrogens with two attached hydrogens (primary N) is 2. The Morgan fingerprint density at radius 3 is 2.27 bits per heavy atom. The highest BCUT2D eigenvalue weighted by Gasteiger charge is 2.30. The van der Waals surface area contributed by atoms with Crippen molar-refractivity contribution >= 4 is 11.7 Å². The third-order valence-corrected chi connectivity index (χ3v) is 4.74. The minimum absolute atomic E-state index is 0.0430. The smallest absolute Gasteiger partial charge is 0.416 e. The van der Waals surface area contributed by atoms with E-state index in [1.54, 1.807) is 42.2 Å². The highest BCUT2D eigenvalue weighted by Crippen LogP contribution is 2.36. The number of aryl methyl sites for hydroxylation is 1. The van der Waals surface area contributed by atoms with Crippen LogP contribution in [0.4, 0.5) is 19.0 Å². The van der Waals surface area contributed by atoms with E-state index in [0.717, 1.165) is 12.1 Å². The van der Waals surface area contributed by atoms with Gasteiger partial charge in [-0.15, -0.1) is 0 Å². The van der Waals surface area contributed by atoms with E-state index >= 15 is 0 Å². The maximum Gasteiger partial charge on any atom is 0.416 e. The van der Waals surface area contributed by atoms with Crippen molar-refractivity contribution in [2.45, 2.75) is 6.18 Å². The number of benzene rings is 2. The first-order valence-corrected chi connectivity index (χ1v) is 9.54. The van der Waals surface area contributed by atoms with Crippen molar-refractivity contribution < 1.29 is 22.7 Å². The zero-order valence-electron chi connectivity index (χ0n) is 17.2. The quantitative estimate of drug-likeness (QED) is 0.469. The van der Waals surface area contributed by atoms with Crippen LogP contribution in [-0.4, -0.2) is 25.7 Å². The predicted octanol–water partition coefficient (Wildman–Crippen LogP) is 4.04. The van der Waals surface area contributed by atoms with Crippen LogP contribution in [0.25, 0.3) is 22.6 Å². The fraction of sp³-hybridized carbons (Fsp3) is 0.0909. The number of nitrogens with zero attached hydrogens (tertiary/aromatic N) is 4. The van der Waals surface area contributed by atoms with Crippen molar-refractivity contribution in [1.82, 2.24) is 19.7 Å². The lowest BCUT2D eigenvalue weighted by Gasteiger charge is -2.14. The van der Waals surface area contributed by atoms with Crippen LogP contribution in [-0.2, 0) is 13.2 Å². The molecule has 11 heteroatoms. The number of alkyl halides is 3. The Morgan fingerprint density at radius 2 is 1.67 bits per heavy atom. The molecule has 0 saturated heterocycles. The van der Waals surface area contributed by atoms with E-state index in [0.29, 0.717) is 22.6 Å². The molecule has 168 valence electrons. The summed E-state index contributed by atoms with van der Waals surface area (Å²) in [6.45, 7) is 0. The number of halogens is 3. The van der Waals surface area contributed by atoms with Crippen molar-refractivity contribution in [3.05, 3.63) is 72.1 Å². The Morgan fingerprint density at radius 1 is 0.970 bits per heavy atom. The van der Waals surface area contributed by atoms with Gasteiger partial charge >= 0.3 is 6.18 Å². The van der Waals surface area contributed by atoms with Gasteiger partial charge in [-0.05, 0) is 48.5 Å². The molecule has 0 spiro atoms. The monoisotopic (exact) mass is 454 g/mol. The average molecular weight is 454 g/mol. The largest absolute Gasteiger partial charge is 0.457 e. The molecule has 0 aliphatic carbocycles. The van der Waals surface area contributed by atoms with Crippen LogP contribution in [0, 0.1) is 0 Å². The number of aromatic nitrogens is 4. The van der Waals surface area contributed by atoms with Gasteiger partial charge in [0.2, 0.25) is 0 Å². The SMILES string of the molecule is Cn1nccc1-c1cc(Oc2ccc(C(F)(F)F)cc2)ccc1-c1nc(N)cc(C(N)=O)n1. The maximum absolute atomic E-state index is 12.8. The van der Waals surface area contributed by atoms with Crippen molar-refractivity contribution in [1.29, 1.82) is 0 Å². The van der Waals surface area contributed by atoms with E-state index in [4.69, 9.17) is 16.2 Å². The van der Waals surface area contributed by atoms with Crippen LogP contribution < -0.4 is 16.2 Å². The van der Waals surface area contributed by atoms with E-state index in [1.807, 2.05) is 0 Å². The normalized spacial score (nSPS) is 11.4. The lowest BCUT2D eigenvalue weighted by Crippen LogP contribution is -2.15. The summed E-state index contributed by atoms with van der Waals surface area (Å²) in [5, 5.41) is 4.17. The summed E-state index contributed by atoms with van der Waals surface area (Å²) < 4.78 is 45.8. The van der Waals surface area contributed by atoms with Gasteiger partial charge in [-0.1, -0.05) is 0 Å². The number of nitrogen functional groups attached to an aromatic ring is 1. The van der Waals surface area contributed by atoms with Gasteiger partial charge in [-0.25, -0.2) is 9.97 Å². The third-order valence-electron chi connectivity index (χ3n) is 4.74. The van der Waals surface area contributed by atoms with Crippen LogP contribution >= 0.6 is 0 Å². The number of ether oxygens (including phenoxy) is 1. The highest BCUT2D eigenvalue weighted by molar-refractivity contribution is 5.92. The summed E-state index contributed by atoms with van der Waals surface area (Å²) in [6.07, 6.45) is -2.84. The fourth-order valence-electron chi connectivity index (χ4n) is 3.19.